The van der Waals surface area contributed by atoms with E-state index in [0.29, 0.717) is 22.2 Å². The average molecular weight is 295 g/mol. The number of fused-ring (bicyclic) bond motifs is 1. The fraction of sp³-hybridized carbons (Fsp3) is 0.0625. The largest absolute Gasteiger partial charge is 0.550 e. The summed E-state index contributed by atoms with van der Waals surface area (Å²) >= 11 is 0. The smallest absolute Gasteiger partial charge is 0.333 e. The van der Waals surface area contributed by atoms with Crippen LogP contribution < -0.4 is 16.4 Å². The van der Waals surface area contributed by atoms with E-state index in [-0.39, 0.29) is 6.42 Å². The van der Waals surface area contributed by atoms with Crippen molar-refractivity contribution in [3.63, 3.8) is 0 Å². The molecule has 0 fully saturated rings. The Kier molecular flexibility index (Phi) is 3.34. The summed E-state index contributed by atoms with van der Waals surface area (Å²) in [5, 5.41) is 11.0. The molecule has 110 valence electrons. The van der Waals surface area contributed by atoms with Crippen molar-refractivity contribution >= 4 is 16.9 Å². The Hall–Kier alpha value is -3.15. The van der Waals surface area contributed by atoms with Crippen LogP contribution in [0.5, 0.6) is 0 Å². The second-order valence-corrected chi connectivity index (χ2v) is 4.83. The molecule has 3 rings (SSSR count). The number of benzene rings is 2. The number of aromatic amines is 1. The van der Waals surface area contributed by atoms with Crippen molar-refractivity contribution in [3.05, 3.63) is 74.9 Å². The van der Waals surface area contributed by atoms with Crippen LogP contribution in [0.4, 0.5) is 0 Å². The normalized spacial score (nSPS) is 10.7. The molecule has 0 unspecified atom stereocenters. The van der Waals surface area contributed by atoms with Gasteiger partial charge < -0.3 is 14.9 Å². The predicted molar refractivity (Wildman–Crippen MR) is 78.9 cm³/mol. The quantitative estimate of drug-likeness (QED) is 0.734. The van der Waals surface area contributed by atoms with Crippen molar-refractivity contribution in [2.45, 2.75) is 6.42 Å². The van der Waals surface area contributed by atoms with Gasteiger partial charge in [0.15, 0.2) is 0 Å². The van der Waals surface area contributed by atoms with Gasteiger partial charge in [0.1, 0.15) is 0 Å². The Labute approximate surface area is 124 Å². The molecule has 2 aromatic carbocycles. The maximum atomic E-state index is 12.5. The number of aromatic nitrogens is 2. The first-order chi connectivity index (χ1) is 10.6. The van der Waals surface area contributed by atoms with Crippen molar-refractivity contribution in [2.24, 2.45) is 0 Å². The fourth-order valence-corrected chi connectivity index (χ4v) is 2.33. The lowest BCUT2D eigenvalue weighted by Crippen LogP contribution is -2.33. The third-order valence-corrected chi connectivity index (χ3v) is 3.35. The lowest BCUT2D eigenvalue weighted by Gasteiger charge is -2.08. The maximum Gasteiger partial charge on any atom is 0.333 e. The molecule has 0 radical (unpaired) electrons. The molecule has 22 heavy (non-hydrogen) atoms. The number of carboxylic acids is 1. The van der Waals surface area contributed by atoms with E-state index in [2.05, 4.69) is 4.98 Å². The molecule has 1 heterocycles. The highest BCUT2D eigenvalue weighted by Gasteiger charge is 2.08. The van der Waals surface area contributed by atoms with Crippen LogP contribution in [0, 0.1) is 0 Å². The van der Waals surface area contributed by atoms with E-state index in [1.807, 2.05) is 0 Å². The number of nitrogens with zero attached hydrogens (tertiary/aromatic N) is 1. The highest BCUT2D eigenvalue weighted by atomic mass is 16.4. The molecule has 0 spiro atoms. The van der Waals surface area contributed by atoms with Gasteiger partial charge in [0.25, 0.3) is 5.56 Å². The molecule has 0 aliphatic heterocycles. The molecule has 0 aliphatic rings. The van der Waals surface area contributed by atoms with Crippen molar-refractivity contribution in [1.29, 1.82) is 0 Å². The monoisotopic (exact) mass is 295 g/mol. The van der Waals surface area contributed by atoms with Crippen LogP contribution in [-0.2, 0) is 11.2 Å². The molecule has 0 saturated carbocycles. The SMILES string of the molecule is O=C([O-])Cc1ccc(-n2c(=O)[nH]c3ccccc3c2=O)cc1. The first-order valence-electron chi connectivity index (χ1n) is 6.59. The summed E-state index contributed by atoms with van der Waals surface area (Å²) in [4.78, 5) is 37.8. The van der Waals surface area contributed by atoms with Crippen LogP contribution in [0.1, 0.15) is 5.56 Å². The number of hydrogen-bond donors (Lipinski definition) is 1. The third kappa shape index (κ3) is 2.42. The minimum Gasteiger partial charge on any atom is -0.550 e. The van der Waals surface area contributed by atoms with Gasteiger partial charge in [-0.2, -0.15) is 0 Å². The molecule has 1 aromatic heterocycles. The molecule has 0 atom stereocenters. The van der Waals surface area contributed by atoms with Crippen LogP contribution in [0.3, 0.4) is 0 Å². The summed E-state index contributed by atoms with van der Waals surface area (Å²) in [5.41, 5.74) is 0.416. The summed E-state index contributed by atoms with van der Waals surface area (Å²) in [7, 11) is 0. The Balaban J connectivity index is 2.16. The number of H-pyrrole nitrogens is 1. The van der Waals surface area contributed by atoms with E-state index in [1.54, 1.807) is 36.4 Å². The summed E-state index contributed by atoms with van der Waals surface area (Å²) in [6, 6.07) is 12.9. The molecular weight excluding hydrogens is 284 g/mol. The van der Waals surface area contributed by atoms with Gasteiger partial charge in [0, 0.05) is 12.4 Å². The minimum absolute atomic E-state index is 0.219. The molecule has 1 N–H and O–H groups in total. The first kappa shape index (κ1) is 13.8. The highest BCUT2D eigenvalue weighted by molar-refractivity contribution is 5.77. The number of carboxylic acid groups (broad SMARTS) is 1. The van der Waals surface area contributed by atoms with Crippen LogP contribution in [0.2, 0.25) is 0 Å². The lowest BCUT2D eigenvalue weighted by molar-refractivity contribution is -0.304. The van der Waals surface area contributed by atoms with Crippen LogP contribution in [0.15, 0.2) is 58.1 Å². The van der Waals surface area contributed by atoms with Crippen molar-refractivity contribution in [1.82, 2.24) is 9.55 Å². The molecule has 6 nitrogen and oxygen atoms in total. The summed E-state index contributed by atoms with van der Waals surface area (Å²) < 4.78 is 1.02. The van der Waals surface area contributed by atoms with Gasteiger partial charge in [0.05, 0.1) is 16.6 Å². The Morgan fingerprint density at radius 3 is 2.41 bits per heavy atom. The van der Waals surface area contributed by atoms with Crippen molar-refractivity contribution in [3.8, 4) is 5.69 Å². The zero-order chi connectivity index (χ0) is 15.7. The first-order valence-corrected chi connectivity index (χ1v) is 6.59. The van der Waals surface area contributed by atoms with E-state index in [9.17, 15) is 19.5 Å². The van der Waals surface area contributed by atoms with E-state index < -0.39 is 17.2 Å². The fourth-order valence-electron chi connectivity index (χ4n) is 2.33. The number of hydrogen-bond acceptors (Lipinski definition) is 4. The van der Waals surface area contributed by atoms with Gasteiger partial charge in [-0.15, -0.1) is 0 Å². The standard InChI is InChI=1S/C16H12N2O4/c19-14(20)9-10-5-7-11(8-6-10)18-15(21)12-3-1-2-4-13(12)17-16(18)22/h1-8H,9H2,(H,17,22)(H,19,20)/p-1. The van der Waals surface area contributed by atoms with Gasteiger partial charge in [-0.3, -0.25) is 4.79 Å². The zero-order valence-electron chi connectivity index (χ0n) is 11.4. The van der Waals surface area contributed by atoms with Gasteiger partial charge in [-0.05, 0) is 29.8 Å². The van der Waals surface area contributed by atoms with Gasteiger partial charge in [-0.1, -0.05) is 24.3 Å². The number of aliphatic carboxylic acids is 1. The van der Waals surface area contributed by atoms with Crippen LogP contribution in [-0.4, -0.2) is 15.5 Å². The molecular formula is C16H11N2O4-. The molecule has 0 aliphatic carbocycles. The predicted octanol–water partition coefficient (Wildman–Crippen LogP) is -0.0286. The topological polar surface area (TPSA) is 95.0 Å². The Bertz CT molecular complexity index is 968. The summed E-state index contributed by atoms with van der Waals surface area (Å²) in [5.74, 6) is -1.19. The van der Waals surface area contributed by atoms with Gasteiger partial charge in [0.2, 0.25) is 0 Å². The third-order valence-electron chi connectivity index (χ3n) is 3.35. The Morgan fingerprint density at radius 2 is 1.73 bits per heavy atom. The molecule has 0 saturated heterocycles. The van der Waals surface area contributed by atoms with E-state index in [0.717, 1.165) is 4.57 Å². The van der Waals surface area contributed by atoms with Crippen molar-refractivity contribution < 1.29 is 9.90 Å². The number of para-hydroxylation sites is 1. The van der Waals surface area contributed by atoms with Gasteiger partial charge in [-0.25, -0.2) is 9.36 Å². The summed E-state index contributed by atoms with van der Waals surface area (Å²) in [6.07, 6.45) is -0.219. The maximum absolute atomic E-state index is 12.5. The summed E-state index contributed by atoms with van der Waals surface area (Å²) in [6.45, 7) is 0. The number of carbonyl (C=O) groups is 1. The van der Waals surface area contributed by atoms with Crippen molar-refractivity contribution in [2.75, 3.05) is 0 Å². The number of nitrogens with one attached hydrogen (secondary N) is 1. The minimum atomic E-state index is -1.19. The van der Waals surface area contributed by atoms with E-state index in [1.165, 1.54) is 12.1 Å². The second-order valence-electron chi connectivity index (χ2n) is 4.83. The van der Waals surface area contributed by atoms with Gasteiger partial charge >= 0.3 is 5.69 Å². The van der Waals surface area contributed by atoms with Crippen LogP contribution >= 0.6 is 0 Å². The Morgan fingerprint density at radius 1 is 1.05 bits per heavy atom. The van der Waals surface area contributed by atoms with E-state index >= 15 is 0 Å². The lowest BCUT2D eigenvalue weighted by atomic mass is 10.1. The molecule has 0 amide bonds. The second kappa shape index (κ2) is 5.33. The zero-order valence-corrected chi connectivity index (χ0v) is 11.4. The van der Waals surface area contributed by atoms with Crippen LogP contribution in [0.25, 0.3) is 16.6 Å². The highest BCUT2D eigenvalue weighted by Crippen LogP contribution is 2.09. The number of carbonyl (C=O) groups excluding carboxylic acids is 1. The average Bonchev–Trinajstić information content (AvgIpc) is 2.48. The molecule has 3 aromatic rings. The van der Waals surface area contributed by atoms with E-state index in [4.69, 9.17) is 0 Å². The molecule has 6 heteroatoms. The molecule has 0 bridgehead atoms. The number of rotatable bonds is 3.